The summed E-state index contributed by atoms with van der Waals surface area (Å²) in [5.74, 6) is -0.126. The zero-order chi connectivity index (χ0) is 18.7. The molecule has 2 atom stereocenters. The van der Waals surface area contributed by atoms with E-state index in [2.05, 4.69) is 10.6 Å². The molecule has 1 amide bonds. The van der Waals surface area contributed by atoms with E-state index in [-0.39, 0.29) is 24.3 Å². The maximum Gasteiger partial charge on any atom is 0.416 e. The highest BCUT2D eigenvalue weighted by Gasteiger charge is 2.32. The fraction of sp³-hybridized carbons (Fsp3) is 0.350. The quantitative estimate of drug-likeness (QED) is 0.875. The van der Waals surface area contributed by atoms with E-state index in [0.717, 1.165) is 28.8 Å². The van der Waals surface area contributed by atoms with Gasteiger partial charge >= 0.3 is 6.18 Å². The van der Waals surface area contributed by atoms with Gasteiger partial charge in [0.25, 0.3) is 0 Å². The van der Waals surface area contributed by atoms with Crippen molar-refractivity contribution in [3.8, 4) is 0 Å². The molecule has 0 spiro atoms. The Morgan fingerprint density at radius 1 is 1.08 bits per heavy atom. The molecule has 1 aliphatic heterocycles. The van der Waals surface area contributed by atoms with E-state index in [1.54, 1.807) is 0 Å². The molecule has 0 saturated carbocycles. The average Bonchev–Trinajstić information content (AvgIpc) is 3.04. The molecule has 0 bridgehead atoms. The molecular formula is C20H21F3N2O. The maximum atomic E-state index is 12.7. The second-order valence-corrected chi connectivity index (χ2v) is 6.72. The summed E-state index contributed by atoms with van der Waals surface area (Å²) in [6, 6.07) is 12.8. The standard InChI is InChI=1S/C20H21F3N2O/c1-13-2-4-14(5-3-13)10-19(26)25-18-12-24-11-17(18)15-6-8-16(9-7-15)20(21,22)23/h2-9,17-18,24H,10-12H2,1H3,(H,25,26). The van der Waals surface area contributed by atoms with Crippen LogP contribution in [0.2, 0.25) is 0 Å². The largest absolute Gasteiger partial charge is 0.416 e. The summed E-state index contributed by atoms with van der Waals surface area (Å²) in [4.78, 5) is 12.3. The van der Waals surface area contributed by atoms with E-state index in [1.165, 1.54) is 12.1 Å². The van der Waals surface area contributed by atoms with Gasteiger partial charge in [0.2, 0.25) is 5.91 Å². The predicted molar refractivity (Wildman–Crippen MR) is 93.9 cm³/mol. The highest BCUT2D eigenvalue weighted by atomic mass is 19.4. The van der Waals surface area contributed by atoms with Crippen LogP contribution in [0, 0.1) is 6.92 Å². The van der Waals surface area contributed by atoms with Gasteiger partial charge in [-0.1, -0.05) is 42.0 Å². The number of nitrogens with one attached hydrogen (secondary N) is 2. The molecule has 2 N–H and O–H groups in total. The van der Waals surface area contributed by atoms with Crippen LogP contribution in [0.1, 0.15) is 28.2 Å². The number of hydrogen-bond acceptors (Lipinski definition) is 2. The lowest BCUT2D eigenvalue weighted by Crippen LogP contribution is -2.40. The van der Waals surface area contributed by atoms with Crippen molar-refractivity contribution in [2.45, 2.75) is 31.5 Å². The van der Waals surface area contributed by atoms with Crippen LogP contribution in [-0.4, -0.2) is 25.0 Å². The molecule has 1 aliphatic rings. The van der Waals surface area contributed by atoms with Crippen molar-refractivity contribution >= 4 is 5.91 Å². The minimum Gasteiger partial charge on any atom is -0.351 e. The van der Waals surface area contributed by atoms with Crippen LogP contribution in [0.25, 0.3) is 0 Å². The lowest BCUT2D eigenvalue weighted by Gasteiger charge is -2.21. The summed E-state index contributed by atoms with van der Waals surface area (Å²) in [5.41, 5.74) is 2.21. The van der Waals surface area contributed by atoms with Crippen molar-refractivity contribution in [2.24, 2.45) is 0 Å². The molecule has 2 aromatic rings. The molecule has 0 radical (unpaired) electrons. The van der Waals surface area contributed by atoms with Crippen LogP contribution < -0.4 is 10.6 Å². The monoisotopic (exact) mass is 362 g/mol. The van der Waals surface area contributed by atoms with Gasteiger partial charge in [-0.05, 0) is 30.2 Å². The van der Waals surface area contributed by atoms with Crippen molar-refractivity contribution < 1.29 is 18.0 Å². The first-order valence-electron chi connectivity index (χ1n) is 8.56. The number of benzene rings is 2. The fourth-order valence-corrected chi connectivity index (χ4v) is 3.25. The number of alkyl halides is 3. The summed E-state index contributed by atoms with van der Waals surface area (Å²) in [6.07, 6.45) is -4.05. The Balaban J connectivity index is 1.64. The number of carbonyl (C=O) groups is 1. The third kappa shape index (κ3) is 4.43. The Hall–Kier alpha value is -2.34. The molecule has 0 aromatic heterocycles. The van der Waals surface area contributed by atoms with Crippen molar-refractivity contribution in [2.75, 3.05) is 13.1 Å². The molecule has 2 unspecified atom stereocenters. The third-order valence-corrected chi connectivity index (χ3v) is 4.71. The summed E-state index contributed by atoms with van der Waals surface area (Å²) in [6.45, 7) is 3.22. The predicted octanol–water partition coefficient (Wildman–Crippen LogP) is 3.43. The summed E-state index contributed by atoms with van der Waals surface area (Å²) < 4.78 is 38.1. The summed E-state index contributed by atoms with van der Waals surface area (Å²) in [5, 5.41) is 6.22. The number of amides is 1. The van der Waals surface area contributed by atoms with Crippen LogP contribution in [0.3, 0.4) is 0 Å². The Morgan fingerprint density at radius 2 is 1.73 bits per heavy atom. The first-order valence-corrected chi connectivity index (χ1v) is 8.56. The molecule has 0 aliphatic carbocycles. The lowest BCUT2D eigenvalue weighted by atomic mass is 9.93. The number of aryl methyl sites for hydroxylation is 1. The van der Waals surface area contributed by atoms with Crippen molar-refractivity contribution in [1.82, 2.24) is 10.6 Å². The molecule has 1 fully saturated rings. The van der Waals surface area contributed by atoms with E-state index >= 15 is 0 Å². The Labute approximate surface area is 150 Å². The van der Waals surface area contributed by atoms with Crippen molar-refractivity contribution in [3.63, 3.8) is 0 Å². The molecule has 3 nitrogen and oxygen atoms in total. The van der Waals surface area contributed by atoms with E-state index in [0.29, 0.717) is 13.1 Å². The Morgan fingerprint density at radius 3 is 2.35 bits per heavy atom. The molecule has 1 saturated heterocycles. The minimum atomic E-state index is -4.34. The second kappa shape index (κ2) is 7.50. The number of rotatable bonds is 4. The molecule has 2 aromatic carbocycles. The number of halogens is 3. The van der Waals surface area contributed by atoms with E-state index in [4.69, 9.17) is 0 Å². The molecule has 1 heterocycles. The summed E-state index contributed by atoms with van der Waals surface area (Å²) in [7, 11) is 0. The van der Waals surface area contributed by atoms with Crippen LogP contribution in [0.5, 0.6) is 0 Å². The second-order valence-electron chi connectivity index (χ2n) is 6.72. The molecule has 3 rings (SSSR count). The third-order valence-electron chi connectivity index (χ3n) is 4.71. The van der Waals surface area contributed by atoms with Gasteiger partial charge in [0.05, 0.1) is 12.0 Å². The molecular weight excluding hydrogens is 341 g/mol. The molecule has 26 heavy (non-hydrogen) atoms. The zero-order valence-corrected chi connectivity index (χ0v) is 14.4. The first-order chi connectivity index (χ1) is 12.3. The summed E-state index contributed by atoms with van der Waals surface area (Å²) >= 11 is 0. The highest BCUT2D eigenvalue weighted by molar-refractivity contribution is 5.79. The van der Waals surface area contributed by atoms with Gasteiger partial charge in [-0.15, -0.1) is 0 Å². The van der Waals surface area contributed by atoms with Crippen LogP contribution in [0.15, 0.2) is 48.5 Å². The average molecular weight is 362 g/mol. The smallest absolute Gasteiger partial charge is 0.351 e. The Kier molecular flexibility index (Phi) is 5.32. The first kappa shape index (κ1) is 18.5. The maximum absolute atomic E-state index is 12.7. The van der Waals surface area contributed by atoms with Gasteiger partial charge in [0.1, 0.15) is 0 Å². The Bertz CT molecular complexity index is 754. The lowest BCUT2D eigenvalue weighted by molar-refractivity contribution is -0.137. The topological polar surface area (TPSA) is 41.1 Å². The normalized spacial score (nSPS) is 20.2. The minimum absolute atomic E-state index is 0.0424. The van der Waals surface area contributed by atoms with Gasteiger partial charge in [-0.2, -0.15) is 13.2 Å². The van der Waals surface area contributed by atoms with Crippen LogP contribution >= 0.6 is 0 Å². The molecule has 138 valence electrons. The van der Waals surface area contributed by atoms with Gasteiger partial charge in [0.15, 0.2) is 0 Å². The zero-order valence-electron chi connectivity index (χ0n) is 14.4. The fourth-order valence-electron chi connectivity index (χ4n) is 3.25. The molecule has 6 heteroatoms. The van der Waals surface area contributed by atoms with Gasteiger partial charge in [-0.3, -0.25) is 4.79 Å². The number of hydrogen-bond donors (Lipinski definition) is 2. The van der Waals surface area contributed by atoms with Gasteiger partial charge < -0.3 is 10.6 Å². The van der Waals surface area contributed by atoms with E-state index in [9.17, 15) is 18.0 Å². The van der Waals surface area contributed by atoms with E-state index in [1.807, 2.05) is 31.2 Å². The highest BCUT2D eigenvalue weighted by Crippen LogP contribution is 2.31. The SMILES string of the molecule is Cc1ccc(CC(=O)NC2CNCC2c2ccc(C(F)(F)F)cc2)cc1. The van der Waals surface area contributed by atoms with Crippen molar-refractivity contribution in [1.29, 1.82) is 0 Å². The van der Waals surface area contributed by atoms with Gasteiger partial charge in [0, 0.05) is 25.0 Å². The van der Waals surface area contributed by atoms with E-state index < -0.39 is 11.7 Å². The van der Waals surface area contributed by atoms with Crippen LogP contribution in [-0.2, 0) is 17.4 Å². The van der Waals surface area contributed by atoms with Gasteiger partial charge in [-0.25, -0.2) is 0 Å². The van der Waals surface area contributed by atoms with Crippen LogP contribution in [0.4, 0.5) is 13.2 Å². The van der Waals surface area contributed by atoms with Crippen molar-refractivity contribution in [3.05, 3.63) is 70.8 Å². The number of carbonyl (C=O) groups excluding carboxylic acids is 1.